The van der Waals surface area contributed by atoms with Gasteiger partial charge in [-0.15, -0.1) is 0 Å². The molecule has 148 valence electrons. The molecule has 0 radical (unpaired) electrons. The number of hydrogen-bond donors (Lipinski definition) is 2. The van der Waals surface area contributed by atoms with Gasteiger partial charge in [0.05, 0.1) is 21.3 Å². The Kier molecular flexibility index (Phi) is 4.04. The first-order chi connectivity index (χ1) is 15.2. The van der Waals surface area contributed by atoms with Crippen molar-refractivity contribution in [2.45, 2.75) is 0 Å². The lowest BCUT2D eigenvalue weighted by Gasteiger charge is -2.03. The van der Waals surface area contributed by atoms with E-state index in [9.17, 15) is 4.79 Å². The number of carbonyl (C=O) groups is 1. The Hall–Kier alpha value is -4.03. The number of nitrogens with zero attached hydrogens (tertiary/aromatic N) is 2. The molecule has 0 aliphatic heterocycles. The molecule has 2 heterocycles. The van der Waals surface area contributed by atoms with E-state index in [4.69, 9.17) is 0 Å². The molecule has 6 rings (SSSR count). The molecule has 6 heteroatoms. The molecule has 0 unspecified atom stereocenters. The molecule has 2 N–H and O–H groups in total. The van der Waals surface area contributed by atoms with Gasteiger partial charge >= 0.3 is 0 Å². The highest BCUT2D eigenvalue weighted by atomic mass is 32.1. The average molecular weight is 420 g/mol. The summed E-state index contributed by atoms with van der Waals surface area (Å²) in [5.41, 5.74) is 4.38. The molecule has 6 aromatic rings. The molecule has 0 saturated carbocycles. The summed E-state index contributed by atoms with van der Waals surface area (Å²) < 4.78 is 0.992. The number of thiazole rings is 1. The average Bonchev–Trinajstić information content (AvgIpc) is 3.41. The number of anilines is 1. The van der Waals surface area contributed by atoms with Gasteiger partial charge in [-0.05, 0) is 53.2 Å². The van der Waals surface area contributed by atoms with E-state index < -0.39 is 0 Å². The summed E-state index contributed by atoms with van der Waals surface area (Å²) in [4.78, 5) is 25.4. The van der Waals surface area contributed by atoms with Gasteiger partial charge in [-0.2, -0.15) is 0 Å². The van der Waals surface area contributed by atoms with Gasteiger partial charge < -0.3 is 4.98 Å². The molecule has 1 amide bonds. The van der Waals surface area contributed by atoms with Crippen LogP contribution in [0.25, 0.3) is 43.4 Å². The van der Waals surface area contributed by atoms with E-state index in [1.54, 1.807) is 0 Å². The van der Waals surface area contributed by atoms with Crippen LogP contribution in [0, 0.1) is 0 Å². The summed E-state index contributed by atoms with van der Waals surface area (Å²) in [5.74, 6) is 0.653. The number of nitrogens with one attached hydrogen (secondary N) is 2. The van der Waals surface area contributed by atoms with Crippen LogP contribution in [0.2, 0.25) is 0 Å². The van der Waals surface area contributed by atoms with Gasteiger partial charge in [-0.3, -0.25) is 10.1 Å². The summed E-state index contributed by atoms with van der Waals surface area (Å²) >= 11 is 1.45. The number of aromatic nitrogens is 3. The quantitative estimate of drug-likeness (QED) is 0.356. The Balaban J connectivity index is 1.30. The highest BCUT2D eigenvalue weighted by Gasteiger charge is 2.12. The summed E-state index contributed by atoms with van der Waals surface area (Å²) in [6.07, 6.45) is 0. The summed E-state index contributed by atoms with van der Waals surface area (Å²) in [6.45, 7) is 0. The summed E-state index contributed by atoms with van der Waals surface area (Å²) in [6, 6.07) is 27.7. The van der Waals surface area contributed by atoms with Crippen molar-refractivity contribution in [3.05, 3.63) is 90.5 Å². The first-order valence-electron chi connectivity index (χ1n) is 9.89. The lowest BCUT2D eigenvalue weighted by molar-refractivity contribution is 0.102. The maximum Gasteiger partial charge on any atom is 0.257 e. The van der Waals surface area contributed by atoms with E-state index in [1.165, 1.54) is 11.3 Å². The molecular formula is C25H16N4OS. The van der Waals surface area contributed by atoms with Crippen LogP contribution in [0.5, 0.6) is 0 Å². The smallest absolute Gasteiger partial charge is 0.257 e. The molecule has 2 aromatic heterocycles. The number of rotatable bonds is 3. The minimum absolute atomic E-state index is 0.165. The first-order valence-corrected chi connectivity index (χ1v) is 10.7. The monoisotopic (exact) mass is 420 g/mol. The standard InChI is InChI=1S/C25H16N4OS/c30-24(18-10-9-15-5-1-2-6-16(15)13-18)29-25-28-21-12-11-17(14-22(21)31-25)23-26-19-7-3-4-8-20(19)27-23/h1-14H,(H,26,27)(H,28,29,30). The van der Waals surface area contributed by atoms with Gasteiger partial charge in [0.15, 0.2) is 5.13 Å². The molecule has 31 heavy (non-hydrogen) atoms. The van der Waals surface area contributed by atoms with Crippen LogP contribution in [-0.4, -0.2) is 20.9 Å². The van der Waals surface area contributed by atoms with E-state index in [1.807, 2.05) is 78.9 Å². The minimum Gasteiger partial charge on any atom is -0.338 e. The predicted octanol–water partition coefficient (Wildman–Crippen LogP) is 6.25. The van der Waals surface area contributed by atoms with Gasteiger partial charge in [-0.1, -0.05) is 53.8 Å². The lowest BCUT2D eigenvalue weighted by atomic mass is 10.1. The molecule has 0 aliphatic rings. The fourth-order valence-corrected chi connectivity index (χ4v) is 4.61. The highest BCUT2D eigenvalue weighted by Crippen LogP contribution is 2.30. The van der Waals surface area contributed by atoms with Crippen molar-refractivity contribution in [1.29, 1.82) is 0 Å². The number of hydrogen-bond acceptors (Lipinski definition) is 4. The molecule has 0 saturated heterocycles. The van der Waals surface area contributed by atoms with Crippen LogP contribution in [0.1, 0.15) is 10.4 Å². The van der Waals surface area contributed by atoms with Crippen molar-refractivity contribution in [2.24, 2.45) is 0 Å². The van der Waals surface area contributed by atoms with Crippen LogP contribution in [0.4, 0.5) is 5.13 Å². The minimum atomic E-state index is -0.165. The molecule has 5 nitrogen and oxygen atoms in total. The number of aromatic amines is 1. The summed E-state index contributed by atoms with van der Waals surface area (Å²) in [5, 5.41) is 5.66. The number of para-hydroxylation sites is 2. The Morgan fingerprint density at radius 1 is 0.806 bits per heavy atom. The first kappa shape index (κ1) is 17.8. The van der Waals surface area contributed by atoms with Crippen molar-refractivity contribution >= 4 is 54.4 Å². The van der Waals surface area contributed by atoms with Gasteiger partial charge in [0.2, 0.25) is 0 Å². The SMILES string of the molecule is O=C(Nc1nc2ccc(-c3nc4ccccc4[nH]3)cc2s1)c1ccc2ccccc2c1. The van der Waals surface area contributed by atoms with E-state index in [0.29, 0.717) is 10.7 Å². The highest BCUT2D eigenvalue weighted by molar-refractivity contribution is 7.22. The van der Waals surface area contributed by atoms with E-state index in [2.05, 4.69) is 26.3 Å². The lowest BCUT2D eigenvalue weighted by Crippen LogP contribution is -2.11. The maximum absolute atomic E-state index is 12.8. The molecule has 4 aromatic carbocycles. The molecule has 0 aliphatic carbocycles. The molecular weight excluding hydrogens is 404 g/mol. The number of H-pyrrole nitrogens is 1. The zero-order valence-electron chi connectivity index (χ0n) is 16.3. The predicted molar refractivity (Wildman–Crippen MR) is 127 cm³/mol. The second-order valence-electron chi connectivity index (χ2n) is 7.32. The van der Waals surface area contributed by atoms with Crippen molar-refractivity contribution in [1.82, 2.24) is 15.0 Å². The van der Waals surface area contributed by atoms with Crippen LogP contribution in [0.15, 0.2) is 84.9 Å². The van der Waals surface area contributed by atoms with Crippen molar-refractivity contribution < 1.29 is 4.79 Å². The zero-order valence-corrected chi connectivity index (χ0v) is 17.1. The molecule has 0 spiro atoms. The Morgan fingerprint density at radius 3 is 2.55 bits per heavy atom. The number of amides is 1. The third-order valence-electron chi connectivity index (χ3n) is 5.28. The topological polar surface area (TPSA) is 70.7 Å². The fourth-order valence-electron chi connectivity index (χ4n) is 3.71. The second kappa shape index (κ2) is 7.04. The van der Waals surface area contributed by atoms with Gasteiger partial charge in [0, 0.05) is 11.1 Å². The molecule has 0 bridgehead atoms. The maximum atomic E-state index is 12.8. The van der Waals surface area contributed by atoms with Crippen LogP contribution >= 0.6 is 11.3 Å². The zero-order chi connectivity index (χ0) is 20.8. The van der Waals surface area contributed by atoms with Gasteiger partial charge in [-0.25, -0.2) is 9.97 Å². The van der Waals surface area contributed by atoms with Crippen LogP contribution < -0.4 is 5.32 Å². The normalized spacial score (nSPS) is 11.4. The molecule has 0 atom stereocenters. The van der Waals surface area contributed by atoms with Crippen LogP contribution in [0.3, 0.4) is 0 Å². The van der Waals surface area contributed by atoms with E-state index in [0.717, 1.165) is 43.4 Å². The van der Waals surface area contributed by atoms with Gasteiger partial charge in [0.1, 0.15) is 5.82 Å². The van der Waals surface area contributed by atoms with Crippen LogP contribution in [-0.2, 0) is 0 Å². The number of carbonyl (C=O) groups excluding carboxylic acids is 1. The number of imidazole rings is 1. The molecule has 0 fully saturated rings. The fraction of sp³-hybridized carbons (Fsp3) is 0. The van der Waals surface area contributed by atoms with Gasteiger partial charge in [0.25, 0.3) is 5.91 Å². The van der Waals surface area contributed by atoms with E-state index in [-0.39, 0.29) is 5.91 Å². The Bertz CT molecular complexity index is 1560. The number of fused-ring (bicyclic) bond motifs is 3. The Morgan fingerprint density at radius 2 is 1.65 bits per heavy atom. The van der Waals surface area contributed by atoms with Crippen molar-refractivity contribution in [3.8, 4) is 11.4 Å². The summed E-state index contributed by atoms with van der Waals surface area (Å²) in [7, 11) is 0. The third kappa shape index (κ3) is 3.23. The van der Waals surface area contributed by atoms with E-state index >= 15 is 0 Å². The third-order valence-corrected chi connectivity index (χ3v) is 6.22. The van der Waals surface area contributed by atoms with Crippen molar-refractivity contribution in [2.75, 3.05) is 5.32 Å². The van der Waals surface area contributed by atoms with Crippen molar-refractivity contribution in [3.63, 3.8) is 0 Å². The second-order valence-corrected chi connectivity index (χ2v) is 8.35. The Labute approximate surface area is 181 Å². The largest absolute Gasteiger partial charge is 0.338 e. The number of benzene rings is 4.